The van der Waals surface area contributed by atoms with Gasteiger partial charge in [0.25, 0.3) is 0 Å². The van der Waals surface area contributed by atoms with E-state index in [1.54, 1.807) is 0 Å². The van der Waals surface area contributed by atoms with Gasteiger partial charge in [-0.05, 0) is 13.0 Å². The Hall–Kier alpha value is -0.830. The molecule has 0 spiro atoms. The van der Waals surface area contributed by atoms with E-state index in [9.17, 15) is 0 Å². The molecule has 1 unspecified atom stereocenters. The first-order valence-corrected chi connectivity index (χ1v) is 8.49. The Bertz CT molecular complexity index is 333. The van der Waals surface area contributed by atoms with E-state index < -0.39 is 0 Å². The number of nitrogens with zero attached hydrogens (tertiary/aromatic N) is 2. The molecule has 116 valence electrons. The first kappa shape index (κ1) is 17.2. The summed E-state index contributed by atoms with van der Waals surface area (Å²) < 4.78 is 2.14. The molecular weight excluding hydrogens is 246 g/mol. The molecule has 1 N–H and O–H groups in total. The van der Waals surface area contributed by atoms with Gasteiger partial charge in [0.2, 0.25) is 0 Å². The summed E-state index contributed by atoms with van der Waals surface area (Å²) in [4.78, 5) is 4.23. The Morgan fingerprint density at radius 3 is 2.25 bits per heavy atom. The van der Waals surface area contributed by atoms with Gasteiger partial charge in [0.15, 0.2) is 0 Å². The summed E-state index contributed by atoms with van der Waals surface area (Å²) in [5.41, 5.74) is 1.31. The lowest BCUT2D eigenvalue weighted by Crippen LogP contribution is -2.22. The van der Waals surface area contributed by atoms with E-state index in [2.05, 4.69) is 35.8 Å². The average Bonchev–Trinajstić information content (AvgIpc) is 2.87. The number of nitrogens with one attached hydrogen (secondary N) is 1. The predicted octanol–water partition coefficient (Wildman–Crippen LogP) is 4.60. The van der Waals surface area contributed by atoms with Crippen LogP contribution in [0, 0.1) is 0 Å². The lowest BCUT2D eigenvalue weighted by Gasteiger charge is -2.18. The minimum absolute atomic E-state index is 0.465. The van der Waals surface area contributed by atoms with Crippen molar-refractivity contribution in [2.24, 2.45) is 7.05 Å². The molecule has 0 radical (unpaired) electrons. The molecule has 1 heterocycles. The van der Waals surface area contributed by atoms with Crippen LogP contribution in [0.1, 0.15) is 83.4 Å². The van der Waals surface area contributed by atoms with Crippen LogP contribution < -0.4 is 5.32 Å². The number of aryl methyl sites for hydroxylation is 1. The molecule has 1 atom stereocenters. The second-order valence-electron chi connectivity index (χ2n) is 5.80. The zero-order chi connectivity index (χ0) is 14.6. The molecular formula is C17H33N3. The Kier molecular flexibility index (Phi) is 9.38. The lowest BCUT2D eigenvalue weighted by atomic mass is 10.0. The van der Waals surface area contributed by atoms with E-state index >= 15 is 0 Å². The number of hydrogen-bond donors (Lipinski definition) is 1. The zero-order valence-electron chi connectivity index (χ0n) is 13.7. The van der Waals surface area contributed by atoms with Crippen molar-refractivity contribution in [3.63, 3.8) is 0 Å². The normalized spacial score (nSPS) is 12.8. The Morgan fingerprint density at radius 2 is 1.70 bits per heavy atom. The molecule has 0 aromatic carbocycles. The first-order chi connectivity index (χ1) is 9.79. The van der Waals surface area contributed by atoms with Crippen LogP contribution in [0.3, 0.4) is 0 Å². The highest BCUT2D eigenvalue weighted by molar-refractivity contribution is 5.04. The van der Waals surface area contributed by atoms with Crippen molar-refractivity contribution in [1.82, 2.24) is 14.9 Å². The van der Waals surface area contributed by atoms with E-state index in [0.29, 0.717) is 6.04 Å². The third-order valence-corrected chi connectivity index (χ3v) is 4.01. The summed E-state index contributed by atoms with van der Waals surface area (Å²) in [7, 11) is 2.08. The smallest absolute Gasteiger partial charge is 0.0946 e. The van der Waals surface area contributed by atoms with Crippen LogP contribution in [-0.2, 0) is 7.05 Å². The third kappa shape index (κ3) is 6.56. The van der Waals surface area contributed by atoms with Gasteiger partial charge in [-0.1, -0.05) is 65.2 Å². The summed E-state index contributed by atoms with van der Waals surface area (Å²) in [5.74, 6) is 0. The minimum atomic E-state index is 0.465. The maximum absolute atomic E-state index is 4.23. The third-order valence-electron chi connectivity index (χ3n) is 4.01. The van der Waals surface area contributed by atoms with Crippen molar-refractivity contribution in [1.29, 1.82) is 0 Å². The van der Waals surface area contributed by atoms with Crippen LogP contribution in [0.25, 0.3) is 0 Å². The van der Waals surface area contributed by atoms with Crippen molar-refractivity contribution in [2.75, 3.05) is 6.54 Å². The fraction of sp³-hybridized carbons (Fsp3) is 0.824. The number of hydrogen-bond acceptors (Lipinski definition) is 2. The number of aromatic nitrogens is 2. The molecule has 1 rings (SSSR count). The minimum Gasteiger partial charge on any atom is -0.336 e. The number of rotatable bonds is 12. The molecule has 20 heavy (non-hydrogen) atoms. The van der Waals surface area contributed by atoms with Crippen molar-refractivity contribution in [3.05, 3.63) is 18.2 Å². The highest BCUT2D eigenvalue weighted by Gasteiger charge is 2.12. The maximum atomic E-state index is 4.23. The maximum Gasteiger partial charge on any atom is 0.0946 e. The van der Waals surface area contributed by atoms with Gasteiger partial charge in [-0.25, -0.2) is 4.98 Å². The van der Waals surface area contributed by atoms with E-state index in [1.807, 2.05) is 12.5 Å². The number of imidazole rings is 1. The molecule has 0 aliphatic rings. The van der Waals surface area contributed by atoms with E-state index in [-0.39, 0.29) is 0 Å². The quantitative estimate of drug-likeness (QED) is 0.567. The van der Waals surface area contributed by atoms with E-state index in [1.165, 1.54) is 63.5 Å². The molecule has 1 aromatic rings. The molecule has 3 nitrogen and oxygen atoms in total. The van der Waals surface area contributed by atoms with Crippen LogP contribution in [0.5, 0.6) is 0 Å². The Morgan fingerprint density at radius 1 is 1.05 bits per heavy atom. The molecule has 0 saturated heterocycles. The van der Waals surface area contributed by atoms with Gasteiger partial charge in [-0.3, -0.25) is 0 Å². The van der Waals surface area contributed by atoms with Crippen LogP contribution >= 0.6 is 0 Å². The Balaban J connectivity index is 2.16. The van der Waals surface area contributed by atoms with Gasteiger partial charge in [-0.2, -0.15) is 0 Å². The summed E-state index contributed by atoms with van der Waals surface area (Å²) in [6, 6.07) is 0.465. The molecule has 0 aliphatic heterocycles. The molecule has 0 bridgehead atoms. The van der Waals surface area contributed by atoms with Gasteiger partial charge in [0.05, 0.1) is 12.0 Å². The van der Waals surface area contributed by atoms with Gasteiger partial charge in [0.1, 0.15) is 0 Å². The summed E-state index contributed by atoms with van der Waals surface area (Å²) >= 11 is 0. The van der Waals surface area contributed by atoms with Gasteiger partial charge in [0, 0.05) is 19.3 Å². The molecule has 0 aliphatic carbocycles. The summed E-state index contributed by atoms with van der Waals surface area (Å²) in [6.07, 6.45) is 16.2. The van der Waals surface area contributed by atoms with Crippen LogP contribution in [0.2, 0.25) is 0 Å². The van der Waals surface area contributed by atoms with Crippen LogP contribution in [0.4, 0.5) is 0 Å². The Labute approximate surface area is 125 Å². The predicted molar refractivity (Wildman–Crippen MR) is 86.9 cm³/mol. The molecule has 1 aromatic heterocycles. The van der Waals surface area contributed by atoms with E-state index in [0.717, 1.165) is 6.54 Å². The van der Waals surface area contributed by atoms with Crippen molar-refractivity contribution >= 4 is 0 Å². The molecule has 0 amide bonds. The molecule has 0 fully saturated rings. The van der Waals surface area contributed by atoms with Crippen molar-refractivity contribution < 1.29 is 0 Å². The van der Waals surface area contributed by atoms with Crippen molar-refractivity contribution in [2.45, 2.75) is 77.7 Å². The van der Waals surface area contributed by atoms with Gasteiger partial charge < -0.3 is 9.88 Å². The monoisotopic (exact) mass is 279 g/mol. The highest BCUT2D eigenvalue weighted by atomic mass is 15.1. The first-order valence-electron chi connectivity index (χ1n) is 8.49. The van der Waals surface area contributed by atoms with Crippen molar-refractivity contribution in [3.8, 4) is 0 Å². The average molecular weight is 279 g/mol. The zero-order valence-corrected chi connectivity index (χ0v) is 13.7. The lowest BCUT2D eigenvalue weighted by molar-refractivity contribution is 0.458. The van der Waals surface area contributed by atoms with Gasteiger partial charge in [-0.15, -0.1) is 0 Å². The highest BCUT2D eigenvalue weighted by Crippen LogP contribution is 2.19. The second kappa shape index (κ2) is 10.9. The van der Waals surface area contributed by atoms with Gasteiger partial charge >= 0.3 is 0 Å². The molecule has 3 heteroatoms. The summed E-state index contributed by atoms with van der Waals surface area (Å²) in [6.45, 7) is 5.48. The van der Waals surface area contributed by atoms with Crippen LogP contribution in [0.15, 0.2) is 12.5 Å². The fourth-order valence-electron chi connectivity index (χ4n) is 2.79. The standard InChI is InChI=1S/C17H33N3/c1-4-6-7-8-9-10-11-12-13-16(19-5-2)17-14-18-15-20(17)3/h14-16,19H,4-13H2,1-3H3. The number of unbranched alkanes of at least 4 members (excludes halogenated alkanes) is 7. The largest absolute Gasteiger partial charge is 0.336 e. The fourth-order valence-corrected chi connectivity index (χ4v) is 2.79. The topological polar surface area (TPSA) is 29.9 Å². The summed E-state index contributed by atoms with van der Waals surface area (Å²) in [5, 5.41) is 3.58. The van der Waals surface area contributed by atoms with E-state index in [4.69, 9.17) is 0 Å². The second-order valence-corrected chi connectivity index (χ2v) is 5.80. The van der Waals surface area contributed by atoms with Crippen LogP contribution in [-0.4, -0.2) is 16.1 Å². The SMILES string of the molecule is CCCCCCCCCCC(NCC)c1cncn1C. The molecule has 0 saturated carbocycles.